The van der Waals surface area contributed by atoms with Crippen molar-refractivity contribution in [3.8, 4) is 0 Å². The van der Waals surface area contributed by atoms with Crippen LogP contribution >= 0.6 is 11.8 Å². The molecule has 1 atom stereocenters. The third kappa shape index (κ3) is 4.79. The Bertz CT molecular complexity index is 132. The summed E-state index contributed by atoms with van der Waals surface area (Å²) in [6.07, 6.45) is 1.02. The lowest BCUT2D eigenvalue weighted by molar-refractivity contribution is -0.141. The fourth-order valence-corrected chi connectivity index (χ4v) is 1.67. The van der Waals surface area contributed by atoms with E-state index in [-0.39, 0.29) is 5.97 Å². The molecule has 3 radical (unpaired) electrons. The predicted octanol–water partition coefficient (Wildman–Crippen LogP) is 1.12. The van der Waals surface area contributed by atoms with E-state index in [4.69, 9.17) is 4.74 Å². The van der Waals surface area contributed by atoms with Crippen molar-refractivity contribution in [1.29, 1.82) is 0 Å². The van der Waals surface area contributed by atoms with Crippen LogP contribution in [0.3, 0.4) is 0 Å². The minimum Gasteiger partial charge on any atom is -0.513 e. The first-order chi connectivity index (χ1) is 5.76. The van der Waals surface area contributed by atoms with Gasteiger partial charge in [-0.1, -0.05) is 6.92 Å². The summed E-state index contributed by atoms with van der Waals surface area (Å²) in [5.74, 6) is 0.512. The van der Waals surface area contributed by atoms with Crippen LogP contribution in [0.4, 0.5) is 0 Å². The molecule has 0 aliphatic carbocycles. The fourth-order valence-electron chi connectivity index (χ4n) is 0.609. The van der Waals surface area contributed by atoms with Crippen molar-refractivity contribution >= 4 is 28.2 Å². The van der Waals surface area contributed by atoms with E-state index in [0.717, 1.165) is 12.2 Å². The molecular formula is C7H13O3SSi. The Balaban J connectivity index is 3.76. The molecule has 1 unspecified atom stereocenters. The second-order valence-electron chi connectivity index (χ2n) is 2.08. The highest BCUT2D eigenvalue weighted by Crippen LogP contribution is 2.14. The van der Waals surface area contributed by atoms with Crippen molar-refractivity contribution < 1.29 is 14.0 Å². The van der Waals surface area contributed by atoms with Gasteiger partial charge in [0, 0.05) is 6.61 Å². The van der Waals surface area contributed by atoms with Crippen LogP contribution in [0.5, 0.6) is 0 Å². The summed E-state index contributed by atoms with van der Waals surface area (Å²) in [6, 6.07) is 0. The van der Waals surface area contributed by atoms with Crippen LogP contribution in [-0.2, 0) is 14.0 Å². The molecule has 0 saturated heterocycles. The maximum atomic E-state index is 11.0. The number of thioether (sulfide) groups is 1. The second kappa shape index (κ2) is 7.64. The van der Waals surface area contributed by atoms with Gasteiger partial charge in [0.15, 0.2) is 5.44 Å². The molecular weight excluding hydrogens is 192 g/mol. The van der Waals surface area contributed by atoms with Crippen LogP contribution in [0.2, 0.25) is 0 Å². The summed E-state index contributed by atoms with van der Waals surface area (Å²) < 4.78 is 9.54. The van der Waals surface area contributed by atoms with E-state index in [9.17, 15) is 4.79 Å². The van der Waals surface area contributed by atoms with E-state index in [2.05, 4.69) is 21.8 Å². The molecule has 0 aromatic heterocycles. The first kappa shape index (κ1) is 12.0. The van der Waals surface area contributed by atoms with E-state index in [0.29, 0.717) is 6.61 Å². The SMILES string of the molecule is CCCSC(OCC)C(=O)O[Si]. The number of ether oxygens (including phenoxy) is 1. The number of hydrogen-bond acceptors (Lipinski definition) is 4. The maximum Gasteiger partial charge on any atom is 0.345 e. The van der Waals surface area contributed by atoms with E-state index >= 15 is 0 Å². The van der Waals surface area contributed by atoms with Gasteiger partial charge in [-0.25, -0.2) is 4.79 Å². The highest BCUT2D eigenvalue weighted by atomic mass is 32.2. The van der Waals surface area contributed by atoms with Gasteiger partial charge in [0.05, 0.1) is 0 Å². The third-order valence-electron chi connectivity index (χ3n) is 1.08. The Morgan fingerprint density at radius 2 is 2.25 bits per heavy atom. The van der Waals surface area contributed by atoms with Crippen LogP contribution in [0.15, 0.2) is 0 Å². The number of rotatable bonds is 6. The molecule has 5 heteroatoms. The molecule has 0 aliphatic rings. The van der Waals surface area contributed by atoms with Gasteiger partial charge in [-0.05, 0) is 19.1 Å². The molecule has 69 valence electrons. The Kier molecular flexibility index (Phi) is 7.63. The summed E-state index contributed by atoms with van der Waals surface area (Å²) in [5, 5.41) is 0. The van der Waals surface area contributed by atoms with Crippen LogP contribution in [-0.4, -0.2) is 34.3 Å². The molecule has 12 heavy (non-hydrogen) atoms. The van der Waals surface area contributed by atoms with Gasteiger partial charge in [0.2, 0.25) is 0 Å². The number of carbonyl (C=O) groups is 1. The van der Waals surface area contributed by atoms with Crippen molar-refractivity contribution in [3.05, 3.63) is 0 Å². The molecule has 0 spiro atoms. The zero-order valence-corrected chi connectivity index (χ0v) is 9.15. The van der Waals surface area contributed by atoms with E-state index in [1.807, 2.05) is 6.92 Å². The summed E-state index contributed by atoms with van der Waals surface area (Å²) >= 11 is 1.45. The Morgan fingerprint density at radius 1 is 1.58 bits per heavy atom. The maximum absolute atomic E-state index is 11.0. The normalized spacial score (nSPS) is 12.6. The standard InChI is InChI=1S/C7H13O3SSi/c1-3-5-11-7(9-4-2)6(8)10-12/h7H,3-5H2,1-2H3. The molecule has 0 N–H and O–H groups in total. The molecule has 0 heterocycles. The van der Waals surface area contributed by atoms with E-state index in [1.165, 1.54) is 11.8 Å². The largest absolute Gasteiger partial charge is 0.513 e. The lowest BCUT2D eigenvalue weighted by atomic mass is 10.6. The van der Waals surface area contributed by atoms with Gasteiger partial charge in [-0.3, -0.25) is 0 Å². The number of carbonyl (C=O) groups excluding carboxylic acids is 1. The molecule has 0 saturated carbocycles. The first-order valence-electron chi connectivity index (χ1n) is 3.86. The molecule has 0 aliphatic heterocycles. The smallest absolute Gasteiger partial charge is 0.345 e. The highest BCUT2D eigenvalue weighted by molar-refractivity contribution is 8.00. The summed E-state index contributed by atoms with van der Waals surface area (Å²) in [5.41, 5.74) is -0.493. The number of hydrogen-bond donors (Lipinski definition) is 0. The average molecular weight is 205 g/mol. The Hall–Kier alpha value is -0.00312. The minimum atomic E-state index is -0.493. The van der Waals surface area contributed by atoms with Crippen molar-refractivity contribution in [1.82, 2.24) is 0 Å². The molecule has 3 nitrogen and oxygen atoms in total. The molecule has 0 amide bonds. The molecule has 0 aromatic carbocycles. The van der Waals surface area contributed by atoms with Crippen LogP contribution in [0, 0.1) is 0 Å². The van der Waals surface area contributed by atoms with Crippen LogP contribution in [0.1, 0.15) is 20.3 Å². The zero-order valence-electron chi connectivity index (χ0n) is 7.33. The lowest BCUT2D eigenvalue weighted by Gasteiger charge is -2.13. The van der Waals surface area contributed by atoms with Crippen molar-refractivity contribution in [3.63, 3.8) is 0 Å². The van der Waals surface area contributed by atoms with Gasteiger partial charge in [0.25, 0.3) is 0 Å². The quantitative estimate of drug-likeness (QED) is 0.481. The van der Waals surface area contributed by atoms with Crippen molar-refractivity contribution in [2.45, 2.75) is 25.7 Å². The lowest BCUT2D eigenvalue weighted by Crippen LogP contribution is -2.23. The fraction of sp³-hybridized carbons (Fsp3) is 0.857. The average Bonchev–Trinajstić information content (AvgIpc) is 2.11. The van der Waals surface area contributed by atoms with Gasteiger partial charge in [0.1, 0.15) is 0 Å². The third-order valence-corrected chi connectivity index (χ3v) is 2.56. The summed E-state index contributed by atoms with van der Waals surface area (Å²) in [4.78, 5) is 11.0. The highest BCUT2D eigenvalue weighted by Gasteiger charge is 2.18. The predicted molar refractivity (Wildman–Crippen MR) is 50.0 cm³/mol. The van der Waals surface area contributed by atoms with Crippen molar-refractivity contribution in [2.75, 3.05) is 12.4 Å². The second-order valence-corrected chi connectivity index (χ2v) is 3.45. The van der Waals surface area contributed by atoms with Crippen molar-refractivity contribution in [2.24, 2.45) is 0 Å². The van der Waals surface area contributed by atoms with Gasteiger partial charge in [-0.15, -0.1) is 11.8 Å². The molecule has 0 aromatic rings. The summed E-state index contributed by atoms with van der Waals surface area (Å²) in [6.45, 7) is 4.41. The van der Waals surface area contributed by atoms with Gasteiger partial charge < -0.3 is 9.16 Å². The zero-order chi connectivity index (χ0) is 9.40. The molecule has 0 bridgehead atoms. The monoisotopic (exact) mass is 205 g/mol. The molecule has 0 fully saturated rings. The van der Waals surface area contributed by atoms with Gasteiger partial charge in [-0.2, -0.15) is 0 Å². The van der Waals surface area contributed by atoms with Gasteiger partial charge >= 0.3 is 16.5 Å². The first-order valence-corrected chi connectivity index (χ1v) is 5.32. The Labute approximate surface area is 80.7 Å². The van der Waals surface area contributed by atoms with E-state index in [1.54, 1.807) is 0 Å². The Morgan fingerprint density at radius 3 is 2.67 bits per heavy atom. The van der Waals surface area contributed by atoms with Crippen LogP contribution < -0.4 is 0 Å². The molecule has 0 rings (SSSR count). The topological polar surface area (TPSA) is 35.5 Å². The van der Waals surface area contributed by atoms with Crippen LogP contribution in [0.25, 0.3) is 0 Å². The van der Waals surface area contributed by atoms with E-state index < -0.39 is 5.44 Å². The minimum absolute atomic E-state index is 0.382. The summed E-state index contributed by atoms with van der Waals surface area (Å²) in [7, 11) is 2.68.